The summed E-state index contributed by atoms with van der Waals surface area (Å²) in [5.41, 5.74) is 0.709. The van der Waals surface area contributed by atoms with E-state index in [0.29, 0.717) is 18.2 Å². The first kappa shape index (κ1) is 17.4. The van der Waals surface area contributed by atoms with Crippen LogP contribution in [0.25, 0.3) is 0 Å². The van der Waals surface area contributed by atoms with E-state index >= 15 is 0 Å². The van der Waals surface area contributed by atoms with E-state index in [1.165, 1.54) is 12.1 Å². The normalized spacial score (nSPS) is 18.6. The second-order valence-corrected chi connectivity index (χ2v) is 6.67. The summed E-state index contributed by atoms with van der Waals surface area (Å²) in [7, 11) is 0. The molecule has 0 N–H and O–H groups in total. The van der Waals surface area contributed by atoms with Crippen LogP contribution in [0.3, 0.4) is 0 Å². The summed E-state index contributed by atoms with van der Waals surface area (Å²) in [6.07, 6.45) is 0. The number of Topliss-reactive ketones (excluding diaryl/α,β-unsaturated/α-hetero) is 1. The number of ketones is 1. The van der Waals surface area contributed by atoms with Gasteiger partial charge in [-0.25, -0.2) is 4.39 Å². The second-order valence-electron chi connectivity index (χ2n) is 6.27. The molecular weight excluding hydrogens is 303 g/mol. The first-order valence-corrected chi connectivity index (χ1v) is 8.18. The zero-order chi connectivity index (χ0) is 16.3. The van der Waals surface area contributed by atoms with E-state index < -0.39 is 5.82 Å². The molecule has 1 aliphatic heterocycles. The van der Waals surface area contributed by atoms with Crippen LogP contribution in [0, 0.1) is 5.82 Å². The lowest BCUT2D eigenvalue weighted by Gasteiger charge is -2.38. The number of carbonyl (C=O) groups excluding carboxylic acids is 1. The van der Waals surface area contributed by atoms with Gasteiger partial charge in [0.25, 0.3) is 0 Å². The van der Waals surface area contributed by atoms with Crippen molar-refractivity contribution in [2.75, 3.05) is 32.7 Å². The Kier molecular flexibility index (Phi) is 5.95. The van der Waals surface area contributed by atoms with Crippen molar-refractivity contribution in [3.05, 3.63) is 34.6 Å². The van der Waals surface area contributed by atoms with Crippen molar-refractivity contribution in [2.24, 2.45) is 0 Å². The van der Waals surface area contributed by atoms with Gasteiger partial charge >= 0.3 is 0 Å². The Morgan fingerprint density at radius 3 is 2.41 bits per heavy atom. The van der Waals surface area contributed by atoms with Crippen molar-refractivity contribution in [2.45, 2.75) is 32.7 Å². The van der Waals surface area contributed by atoms with E-state index in [-0.39, 0.29) is 16.7 Å². The third kappa shape index (κ3) is 4.28. The molecule has 3 nitrogen and oxygen atoms in total. The van der Waals surface area contributed by atoms with Gasteiger partial charge in [-0.05, 0) is 38.5 Å². The minimum absolute atomic E-state index is 0.0630. The molecule has 22 heavy (non-hydrogen) atoms. The van der Waals surface area contributed by atoms with Crippen LogP contribution in [0.5, 0.6) is 0 Å². The molecule has 0 radical (unpaired) electrons. The molecule has 0 aromatic heterocycles. The lowest BCUT2D eigenvalue weighted by molar-refractivity contribution is -0.119. The number of carbonyl (C=O) groups is 1. The van der Waals surface area contributed by atoms with Crippen molar-refractivity contribution in [1.29, 1.82) is 0 Å². The Balaban J connectivity index is 2.04. The third-order valence-corrected chi connectivity index (χ3v) is 4.72. The highest BCUT2D eigenvalue weighted by molar-refractivity contribution is 6.30. The highest BCUT2D eigenvalue weighted by Gasteiger charge is 2.25. The van der Waals surface area contributed by atoms with Gasteiger partial charge in [0.15, 0.2) is 0 Å². The Bertz CT molecular complexity index is 527. The number of piperazine rings is 1. The lowest BCUT2D eigenvalue weighted by atomic mass is 9.94. The van der Waals surface area contributed by atoms with Crippen LogP contribution < -0.4 is 0 Å². The van der Waals surface area contributed by atoms with Crippen molar-refractivity contribution in [3.8, 4) is 0 Å². The van der Waals surface area contributed by atoms with Gasteiger partial charge in [-0.3, -0.25) is 14.6 Å². The summed E-state index contributed by atoms with van der Waals surface area (Å²) in [5.74, 6) is -0.694. The van der Waals surface area contributed by atoms with Crippen molar-refractivity contribution < 1.29 is 9.18 Å². The van der Waals surface area contributed by atoms with Gasteiger partial charge in [-0.15, -0.1) is 0 Å². The molecule has 0 saturated carbocycles. The Hall–Kier alpha value is -0.970. The monoisotopic (exact) mass is 326 g/mol. The number of rotatable bonds is 5. The molecule has 1 saturated heterocycles. The third-order valence-electron chi connectivity index (χ3n) is 4.41. The van der Waals surface area contributed by atoms with E-state index in [1.54, 1.807) is 13.0 Å². The standard InChI is InChI=1S/C17H24ClFN2O/c1-12(2)21-8-6-20(7-9-21)11-15(13(3)22)14-4-5-16(18)17(19)10-14/h4-5,10,12,15H,6-9,11H2,1-3H3/t15-/m0/s1. The first-order chi connectivity index (χ1) is 10.4. The fraction of sp³-hybridized carbons (Fsp3) is 0.588. The average Bonchev–Trinajstić information content (AvgIpc) is 2.48. The van der Waals surface area contributed by atoms with E-state index in [0.717, 1.165) is 26.2 Å². The summed E-state index contributed by atoms with van der Waals surface area (Å²) >= 11 is 5.73. The van der Waals surface area contributed by atoms with E-state index in [2.05, 4.69) is 23.6 Å². The van der Waals surface area contributed by atoms with E-state index in [1.807, 2.05) is 0 Å². The molecule has 1 atom stereocenters. The minimum Gasteiger partial charge on any atom is -0.300 e. The lowest BCUT2D eigenvalue weighted by Crippen LogP contribution is -2.50. The first-order valence-electron chi connectivity index (χ1n) is 7.80. The van der Waals surface area contributed by atoms with Crippen LogP contribution >= 0.6 is 11.6 Å². The van der Waals surface area contributed by atoms with Crippen LogP contribution in [-0.2, 0) is 4.79 Å². The maximum absolute atomic E-state index is 13.7. The SMILES string of the molecule is CC(=O)[C@H](CN1CCN(C(C)C)CC1)c1ccc(Cl)c(F)c1. The van der Waals surface area contributed by atoms with Gasteiger partial charge in [-0.2, -0.15) is 0 Å². The molecule has 0 aliphatic carbocycles. The molecule has 5 heteroatoms. The summed E-state index contributed by atoms with van der Waals surface area (Å²) in [6.45, 7) is 10.5. The smallest absolute Gasteiger partial charge is 0.142 e. The highest BCUT2D eigenvalue weighted by Crippen LogP contribution is 2.24. The van der Waals surface area contributed by atoms with Gasteiger partial charge in [0.1, 0.15) is 11.6 Å². The summed E-state index contributed by atoms with van der Waals surface area (Å²) in [5, 5.41) is 0.0941. The molecule has 1 aromatic carbocycles. The number of nitrogens with zero attached hydrogens (tertiary/aromatic N) is 2. The van der Waals surface area contributed by atoms with Gasteiger partial charge in [0.05, 0.1) is 10.9 Å². The van der Waals surface area contributed by atoms with Crippen molar-refractivity contribution >= 4 is 17.4 Å². The van der Waals surface area contributed by atoms with Gasteiger partial charge in [0.2, 0.25) is 0 Å². The molecule has 1 aromatic rings. The second kappa shape index (κ2) is 7.53. The van der Waals surface area contributed by atoms with Gasteiger partial charge in [0, 0.05) is 38.8 Å². The zero-order valence-electron chi connectivity index (χ0n) is 13.5. The summed E-state index contributed by atoms with van der Waals surface area (Å²) < 4.78 is 13.7. The molecule has 1 aliphatic rings. The van der Waals surface area contributed by atoms with E-state index in [4.69, 9.17) is 11.6 Å². The van der Waals surface area contributed by atoms with Gasteiger partial charge < -0.3 is 0 Å². The Labute approximate surface area is 137 Å². The molecular formula is C17H24ClFN2O. The van der Waals surface area contributed by atoms with E-state index in [9.17, 15) is 9.18 Å². The fourth-order valence-electron chi connectivity index (χ4n) is 2.92. The Morgan fingerprint density at radius 1 is 1.27 bits per heavy atom. The minimum atomic E-state index is -0.463. The van der Waals surface area contributed by atoms with Crippen LogP contribution in [0.4, 0.5) is 4.39 Å². The molecule has 0 bridgehead atoms. The summed E-state index contributed by atoms with van der Waals surface area (Å²) in [4.78, 5) is 16.7. The van der Waals surface area contributed by atoms with Crippen LogP contribution in [0.1, 0.15) is 32.3 Å². The molecule has 122 valence electrons. The fourth-order valence-corrected chi connectivity index (χ4v) is 3.04. The maximum atomic E-state index is 13.7. The predicted octanol–water partition coefficient (Wildman–Crippen LogP) is 3.18. The molecule has 0 amide bonds. The average molecular weight is 327 g/mol. The largest absolute Gasteiger partial charge is 0.300 e. The molecule has 0 spiro atoms. The highest BCUT2D eigenvalue weighted by atomic mass is 35.5. The predicted molar refractivity (Wildman–Crippen MR) is 88.0 cm³/mol. The maximum Gasteiger partial charge on any atom is 0.142 e. The Morgan fingerprint density at radius 2 is 1.91 bits per heavy atom. The van der Waals surface area contributed by atoms with Crippen LogP contribution in [0.15, 0.2) is 18.2 Å². The van der Waals surface area contributed by atoms with Crippen molar-refractivity contribution in [1.82, 2.24) is 9.80 Å². The summed E-state index contributed by atoms with van der Waals surface area (Å²) in [6, 6.07) is 5.22. The molecule has 1 fully saturated rings. The van der Waals surface area contributed by atoms with Crippen LogP contribution in [0.2, 0.25) is 5.02 Å². The number of hydrogen-bond acceptors (Lipinski definition) is 3. The zero-order valence-corrected chi connectivity index (χ0v) is 14.2. The number of halogens is 2. The topological polar surface area (TPSA) is 23.6 Å². The van der Waals surface area contributed by atoms with Crippen molar-refractivity contribution in [3.63, 3.8) is 0 Å². The number of benzene rings is 1. The van der Waals surface area contributed by atoms with Gasteiger partial charge in [-0.1, -0.05) is 17.7 Å². The molecule has 0 unspecified atom stereocenters. The number of hydrogen-bond donors (Lipinski definition) is 0. The molecule has 1 heterocycles. The quantitative estimate of drug-likeness (QED) is 0.830. The van der Waals surface area contributed by atoms with Crippen LogP contribution in [-0.4, -0.2) is 54.3 Å². The molecule has 2 rings (SSSR count).